The zero-order chi connectivity index (χ0) is 26.6. The number of hydrogen-bond acceptors (Lipinski definition) is 4. The van der Waals surface area contributed by atoms with Crippen LogP contribution in [0.2, 0.25) is 0 Å². The molecule has 1 aromatic heterocycles. The Morgan fingerprint density at radius 3 is 2.58 bits per heavy atom. The maximum Gasteiger partial charge on any atom is 0.251 e. The summed E-state index contributed by atoms with van der Waals surface area (Å²) < 4.78 is 1.94. The van der Waals surface area contributed by atoms with Crippen molar-refractivity contribution in [2.45, 2.75) is 45.6 Å². The molecule has 2 bridgehead atoms. The number of piperidine rings is 1. The number of pyridine rings is 1. The van der Waals surface area contributed by atoms with Gasteiger partial charge in [-0.15, -0.1) is 0 Å². The van der Waals surface area contributed by atoms with E-state index in [1.807, 2.05) is 47.9 Å². The molecule has 2 aliphatic rings. The summed E-state index contributed by atoms with van der Waals surface area (Å²) in [5.41, 5.74) is 5.75. The van der Waals surface area contributed by atoms with Crippen LogP contribution in [0.4, 0.5) is 17.1 Å². The number of amides is 1. The van der Waals surface area contributed by atoms with E-state index in [1.54, 1.807) is 6.07 Å². The van der Waals surface area contributed by atoms with Gasteiger partial charge in [-0.2, -0.15) is 0 Å². The van der Waals surface area contributed by atoms with Gasteiger partial charge in [-0.1, -0.05) is 32.0 Å². The molecule has 2 atom stereocenters. The number of thiocarbonyl (C=S) groups is 1. The third-order valence-electron chi connectivity index (χ3n) is 7.48. The second kappa shape index (κ2) is 11.4. The molecule has 0 radical (unpaired) electrons. The summed E-state index contributed by atoms with van der Waals surface area (Å²) >= 11 is 5.69. The SMILES string of the molecule is CCCNC(=O)c1ccc(N2C[C@H]3C[C@@H](C2)c2cccc(=O)n2C3)c(NC(=S)Nc2ccc(CC)cc2)c1. The van der Waals surface area contributed by atoms with Crippen LogP contribution < -0.4 is 26.4 Å². The van der Waals surface area contributed by atoms with E-state index >= 15 is 0 Å². The fourth-order valence-corrected chi connectivity index (χ4v) is 5.82. The lowest BCUT2D eigenvalue weighted by Gasteiger charge is -2.44. The molecule has 3 aromatic rings. The van der Waals surface area contributed by atoms with E-state index in [4.69, 9.17) is 12.2 Å². The Labute approximate surface area is 229 Å². The Bertz CT molecular complexity index is 1380. The zero-order valence-corrected chi connectivity index (χ0v) is 22.8. The van der Waals surface area contributed by atoms with E-state index in [9.17, 15) is 9.59 Å². The maximum atomic E-state index is 12.8. The number of aromatic nitrogens is 1. The van der Waals surface area contributed by atoms with Gasteiger partial charge in [-0.3, -0.25) is 9.59 Å². The number of rotatable bonds is 7. The number of anilines is 3. The number of benzene rings is 2. The van der Waals surface area contributed by atoms with Crippen LogP contribution in [-0.2, 0) is 13.0 Å². The summed E-state index contributed by atoms with van der Waals surface area (Å²) in [5, 5.41) is 10.1. The van der Waals surface area contributed by atoms with Crippen molar-refractivity contribution in [3.63, 3.8) is 0 Å². The van der Waals surface area contributed by atoms with Crippen LogP contribution in [0.3, 0.4) is 0 Å². The highest BCUT2D eigenvalue weighted by Gasteiger charge is 2.35. The van der Waals surface area contributed by atoms with E-state index < -0.39 is 0 Å². The molecule has 2 aromatic carbocycles. The lowest BCUT2D eigenvalue weighted by Crippen LogP contribution is -2.47. The molecule has 7 nitrogen and oxygen atoms in total. The average molecular weight is 530 g/mol. The fraction of sp³-hybridized carbons (Fsp3) is 0.367. The highest BCUT2D eigenvalue weighted by atomic mass is 32.1. The minimum absolute atomic E-state index is 0.0823. The van der Waals surface area contributed by atoms with Crippen molar-refractivity contribution >= 4 is 40.3 Å². The van der Waals surface area contributed by atoms with Gasteiger partial charge in [0.05, 0.1) is 11.4 Å². The molecule has 5 rings (SSSR count). The maximum absolute atomic E-state index is 12.8. The van der Waals surface area contributed by atoms with E-state index in [1.165, 1.54) is 5.56 Å². The summed E-state index contributed by atoms with van der Waals surface area (Å²) in [6, 6.07) is 19.6. The summed E-state index contributed by atoms with van der Waals surface area (Å²) in [4.78, 5) is 27.6. The van der Waals surface area contributed by atoms with Crippen molar-refractivity contribution in [1.82, 2.24) is 9.88 Å². The van der Waals surface area contributed by atoms with Gasteiger partial charge in [-0.25, -0.2) is 0 Å². The van der Waals surface area contributed by atoms with Crippen LogP contribution in [0.15, 0.2) is 65.5 Å². The predicted molar refractivity (Wildman–Crippen MR) is 158 cm³/mol. The number of hydrogen-bond donors (Lipinski definition) is 3. The first-order chi connectivity index (χ1) is 18.4. The largest absolute Gasteiger partial charge is 0.369 e. The monoisotopic (exact) mass is 529 g/mol. The standard InChI is InChI=1S/C30H35N5O2S/c1-3-14-31-29(37)22-10-13-27(25(16-22)33-30(38)32-24-11-8-20(4-2)9-12-24)34-17-21-15-23(19-34)26-6-5-7-28(36)35(26)18-21/h5-13,16,21,23H,3-4,14-15,17-19H2,1-2H3,(H,31,37)(H2,32,33,38)/t21-,23+/m1/s1. The Morgan fingerprint density at radius 1 is 1.00 bits per heavy atom. The third kappa shape index (κ3) is 5.60. The van der Waals surface area contributed by atoms with E-state index in [0.29, 0.717) is 23.1 Å². The minimum Gasteiger partial charge on any atom is -0.369 e. The second-order valence-electron chi connectivity index (χ2n) is 10.2. The average Bonchev–Trinajstić information content (AvgIpc) is 2.92. The first-order valence-corrected chi connectivity index (χ1v) is 13.9. The Morgan fingerprint density at radius 2 is 1.82 bits per heavy atom. The molecular weight excluding hydrogens is 494 g/mol. The van der Waals surface area contributed by atoms with Crippen LogP contribution in [0.1, 0.15) is 54.2 Å². The molecule has 38 heavy (non-hydrogen) atoms. The van der Waals surface area contributed by atoms with Crippen molar-refractivity contribution in [3.05, 3.63) is 87.8 Å². The lowest BCUT2D eigenvalue weighted by molar-refractivity contribution is 0.0953. The Balaban J connectivity index is 1.41. The van der Waals surface area contributed by atoms with Gasteiger partial charge in [0.1, 0.15) is 0 Å². The van der Waals surface area contributed by atoms with Gasteiger partial charge < -0.3 is 25.4 Å². The van der Waals surface area contributed by atoms with Crippen molar-refractivity contribution < 1.29 is 4.79 Å². The molecule has 8 heteroatoms. The number of aryl methyl sites for hydroxylation is 1. The molecule has 3 N–H and O–H groups in total. The Kier molecular flexibility index (Phi) is 7.79. The van der Waals surface area contributed by atoms with Crippen LogP contribution in [0, 0.1) is 5.92 Å². The molecule has 1 saturated heterocycles. The summed E-state index contributed by atoms with van der Waals surface area (Å²) in [5.74, 6) is 0.558. The fourth-order valence-electron chi connectivity index (χ4n) is 5.60. The molecule has 3 heterocycles. The van der Waals surface area contributed by atoms with Crippen molar-refractivity contribution in [1.29, 1.82) is 0 Å². The van der Waals surface area contributed by atoms with Gasteiger partial charge in [-0.05, 0) is 79.4 Å². The van der Waals surface area contributed by atoms with Crippen molar-refractivity contribution in [2.24, 2.45) is 5.92 Å². The number of nitrogens with zero attached hydrogens (tertiary/aromatic N) is 2. The van der Waals surface area contributed by atoms with Crippen LogP contribution in [0.25, 0.3) is 0 Å². The zero-order valence-electron chi connectivity index (χ0n) is 22.0. The van der Waals surface area contributed by atoms with Gasteiger partial charge in [0, 0.05) is 55.1 Å². The Hall–Kier alpha value is -3.65. The normalized spacial score (nSPS) is 17.9. The highest BCUT2D eigenvalue weighted by Crippen LogP contribution is 2.39. The van der Waals surface area contributed by atoms with Crippen LogP contribution >= 0.6 is 12.2 Å². The van der Waals surface area contributed by atoms with Crippen LogP contribution in [-0.4, -0.2) is 35.2 Å². The van der Waals surface area contributed by atoms with Gasteiger partial charge in [0.2, 0.25) is 0 Å². The topological polar surface area (TPSA) is 78.4 Å². The van der Waals surface area contributed by atoms with E-state index in [0.717, 1.165) is 61.7 Å². The smallest absolute Gasteiger partial charge is 0.251 e. The molecule has 0 spiro atoms. The quantitative estimate of drug-likeness (QED) is 0.375. The number of carbonyl (C=O) groups excluding carboxylic acids is 1. The van der Waals surface area contributed by atoms with Gasteiger partial charge in [0.15, 0.2) is 5.11 Å². The highest BCUT2D eigenvalue weighted by molar-refractivity contribution is 7.80. The van der Waals surface area contributed by atoms with Gasteiger partial charge in [0.25, 0.3) is 11.5 Å². The number of fused-ring (bicyclic) bond motifs is 4. The first kappa shape index (κ1) is 26.0. The molecule has 0 aliphatic carbocycles. The lowest BCUT2D eigenvalue weighted by atomic mass is 9.83. The van der Waals surface area contributed by atoms with Gasteiger partial charge >= 0.3 is 0 Å². The summed E-state index contributed by atoms with van der Waals surface area (Å²) in [6.45, 7) is 7.17. The summed E-state index contributed by atoms with van der Waals surface area (Å²) in [7, 11) is 0. The molecule has 198 valence electrons. The van der Waals surface area contributed by atoms with Crippen molar-refractivity contribution in [2.75, 3.05) is 35.2 Å². The molecule has 0 saturated carbocycles. The molecule has 2 aliphatic heterocycles. The molecule has 1 amide bonds. The van der Waals surface area contributed by atoms with E-state index in [2.05, 4.69) is 46.0 Å². The van der Waals surface area contributed by atoms with Crippen molar-refractivity contribution in [3.8, 4) is 0 Å². The molecule has 1 fully saturated rings. The number of nitrogens with one attached hydrogen (secondary N) is 3. The third-order valence-corrected chi connectivity index (χ3v) is 7.69. The molecular formula is C30H35N5O2S. The minimum atomic E-state index is -0.0979. The van der Waals surface area contributed by atoms with Crippen LogP contribution in [0.5, 0.6) is 0 Å². The first-order valence-electron chi connectivity index (χ1n) is 13.5. The number of carbonyl (C=O) groups is 1. The summed E-state index contributed by atoms with van der Waals surface area (Å²) in [6.07, 6.45) is 2.94. The predicted octanol–water partition coefficient (Wildman–Crippen LogP) is 4.98. The second-order valence-corrected chi connectivity index (χ2v) is 10.6. The van der Waals surface area contributed by atoms with E-state index in [-0.39, 0.29) is 17.4 Å². The molecule has 0 unspecified atom stereocenters.